The number of carbonyl (C=O) groups is 1. The summed E-state index contributed by atoms with van der Waals surface area (Å²) in [5.41, 5.74) is 0. The summed E-state index contributed by atoms with van der Waals surface area (Å²) >= 11 is 0. The van der Waals surface area contributed by atoms with Gasteiger partial charge in [-0.2, -0.15) is 0 Å². The molecule has 1 amide bonds. The van der Waals surface area contributed by atoms with Crippen LogP contribution in [-0.2, 0) is 4.79 Å². The molecule has 1 rings (SSSR count). The fraction of sp³-hybridized carbons (Fsp3) is 0.900. The van der Waals surface area contributed by atoms with Crippen LogP contribution in [0.25, 0.3) is 0 Å². The first-order valence-electron chi connectivity index (χ1n) is 5.51. The molecule has 1 aliphatic heterocycles. The number of piperidine rings is 1. The van der Waals surface area contributed by atoms with Crippen LogP contribution in [0.3, 0.4) is 0 Å². The second kappa shape index (κ2) is 6.79. The SMILES string of the molecule is CCNC(=O)CNCC1CCNCC1. The van der Waals surface area contributed by atoms with Gasteiger partial charge in [0.05, 0.1) is 6.54 Å². The molecule has 14 heavy (non-hydrogen) atoms. The summed E-state index contributed by atoms with van der Waals surface area (Å²) in [7, 11) is 0. The minimum atomic E-state index is 0.0986. The third-order valence-electron chi connectivity index (χ3n) is 2.55. The molecule has 1 aliphatic rings. The first-order valence-corrected chi connectivity index (χ1v) is 5.51. The van der Waals surface area contributed by atoms with Gasteiger partial charge in [-0.3, -0.25) is 4.79 Å². The Labute approximate surface area is 85.8 Å². The van der Waals surface area contributed by atoms with Crippen LogP contribution in [0.1, 0.15) is 19.8 Å². The van der Waals surface area contributed by atoms with Crippen LogP contribution in [0.2, 0.25) is 0 Å². The number of hydrogen-bond donors (Lipinski definition) is 3. The molecule has 0 radical (unpaired) electrons. The van der Waals surface area contributed by atoms with Gasteiger partial charge in [-0.1, -0.05) is 0 Å². The summed E-state index contributed by atoms with van der Waals surface area (Å²) in [6, 6.07) is 0. The molecule has 82 valence electrons. The van der Waals surface area contributed by atoms with Crippen LogP contribution in [0.4, 0.5) is 0 Å². The Bertz CT molecular complexity index is 167. The standard InChI is InChI=1S/C10H21N3O/c1-2-13-10(14)8-12-7-9-3-5-11-6-4-9/h9,11-12H,2-8H2,1H3,(H,13,14). The molecule has 0 aromatic carbocycles. The Morgan fingerprint density at radius 3 is 2.79 bits per heavy atom. The minimum Gasteiger partial charge on any atom is -0.355 e. The molecule has 0 aromatic rings. The number of likely N-dealkylation sites (N-methyl/N-ethyl adjacent to an activating group) is 1. The van der Waals surface area contributed by atoms with Crippen molar-refractivity contribution in [3.8, 4) is 0 Å². The van der Waals surface area contributed by atoms with E-state index in [-0.39, 0.29) is 5.91 Å². The zero-order valence-corrected chi connectivity index (χ0v) is 8.94. The molecule has 0 aromatic heterocycles. The van der Waals surface area contributed by atoms with Gasteiger partial charge in [0.1, 0.15) is 0 Å². The molecule has 0 unspecified atom stereocenters. The molecule has 0 saturated carbocycles. The fourth-order valence-corrected chi connectivity index (χ4v) is 1.74. The molecular formula is C10H21N3O. The van der Waals surface area contributed by atoms with Crippen LogP contribution in [0.15, 0.2) is 0 Å². The Balaban J connectivity index is 1.99. The molecule has 4 heteroatoms. The van der Waals surface area contributed by atoms with E-state index in [1.165, 1.54) is 12.8 Å². The number of amides is 1. The van der Waals surface area contributed by atoms with Crippen molar-refractivity contribution in [2.24, 2.45) is 5.92 Å². The molecular weight excluding hydrogens is 178 g/mol. The predicted molar refractivity (Wildman–Crippen MR) is 57.1 cm³/mol. The van der Waals surface area contributed by atoms with Gasteiger partial charge in [0, 0.05) is 6.54 Å². The maximum atomic E-state index is 11.1. The Hall–Kier alpha value is -0.610. The fourth-order valence-electron chi connectivity index (χ4n) is 1.74. The van der Waals surface area contributed by atoms with E-state index in [0.717, 1.165) is 25.6 Å². The molecule has 0 bridgehead atoms. The molecule has 1 heterocycles. The highest BCUT2D eigenvalue weighted by atomic mass is 16.1. The largest absolute Gasteiger partial charge is 0.355 e. The molecule has 1 saturated heterocycles. The van der Waals surface area contributed by atoms with Gasteiger partial charge in [0.15, 0.2) is 0 Å². The van der Waals surface area contributed by atoms with E-state index >= 15 is 0 Å². The monoisotopic (exact) mass is 199 g/mol. The van der Waals surface area contributed by atoms with Gasteiger partial charge in [-0.05, 0) is 45.3 Å². The smallest absolute Gasteiger partial charge is 0.233 e. The molecule has 4 nitrogen and oxygen atoms in total. The number of hydrogen-bond acceptors (Lipinski definition) is 3. The predicted octanol–water partition coefficient (Wildman–Crippen LogP) is -0.288. The van der Waals surface area contributed by atoms with Crippen molar-refractivity contribution in [2.75, 3.05) is 32.7 Å². The molecule has 3 N–H and O–H groups in total. The van der Waals surface area contributed by atoms with Crippen molar-refractivity contribution in [1.82, 2.24) is 16.0 Å². The van der Waals surface area contributed by atoms with Crippen LogP contribution in [-0.4, -0.2) is 38.6 Å². The summed E-state index contributed by atoms with van der Waals surface area (Å²) in [5, 5.41) is 9.30. The lowest BCUT2D eigenvalue weighted by atomic mass is 9.98. The van der Waals surface area contributed by atoms with Crippen molar-refractivity contribution in [3.63, 3.8) is 0 Å². The van der Waals surface area contributed by atoms with E-state index in [1.54, 1.807) is 0 Å². The summed E-state index contributed by atoms with van der Waals surface area (Å²) in [6.07, 6.45) is 2.45. The summed E-state index contributed by atoms with van der Waals surface area (Å²) in [4.78, 5) is 11.1. The zero-order chi connectivity index (χ0) is 10.2. The van der Waals surface area contributed by atoms with Crippen LogP contribution < -0.4 is 16.0 Å². The maximum absolute atomic E-state index is 11.1. The zero-order valence-electron chi connectivity index (χ0n) is 8.94. The quantitative estimate of drug-likeness (QED) is 0.570. The van der Waals surface area contributed by atoms with Gasteiger partial charge >= 0.3 is 0 Å². The van der Waals surface area contributed by atoms with Crippen molar-refractivity contribution in [3.05, 3.63) is 0 Å². The summed E-state index contributed by atoms with van der Waals surface area (Å²) < 4.78 is 0. The maximum Gasteiger partial charge on any atom is 0.233 e. The van der Waals surface area contributed by atoms with Crippen LogP contribution in [0.5, 0.6) is 0 Å². The molecule has 1 fully saturated rings. The normalized spacial score (nSPS) is 18.1. The lowest BCUT2D eigenvalue weighted by Gasteiger charge is -2.22. The van der Waals surface area contributed by atoms with Gasteiger partial charge in [-0.25, -0.2) is 0 Å². The summed E-state index contributed by atoms with van der Waals surface area (Å²) in [5.74, 6) is 0.840. The second-order valence-corrected chi connectivity index (χ2v) is 3.78. The first-order chi connectivity index (χ1) is 6.83. The number of carbonyl (C=O) groups excluding carboxylic acids is 1. The van der Waals surface area contributed by atoms with Crippen molar-refractivity contribution < 1.29 is 4.79 Å². The highest BCUT2D eigenvalue weighted by Crippen LogP contribution is 2.09. The van der Waals surface area contributed by atoms with E-state index in [1.807, 2.05) is 6.92 Å². The van der Waals surface area contributed by atoms with E-state index in [2.05, 4.69) is 16.0 Å². The highest BCUT2D eigenvalue weighted by molar-refractivity contribution is 5.77. The first kappa shape index (κ1) is 11.5. The molecule has 0 spiro atoms. The lowest BCUT2D eigenvalue weighted by molar-refractivity contribution is -0.120. The summed E-state index contributed by atoms with van der Waals surface area (Å²) in [6.45, 7) is 6.32. The Morgan fingerprint density at radius 2 is 2.14 bits per heavy atom. The second-order valence-electron chi connectivity index (χ2n) is 3.78. The van der Waals surface area contributed by atoms with E-state index in [0.29, 0.717) is 13.1 Å². The van der Waals surface area contributed by atoms with Gasteiger partial charge in [0.2, 0.25) is 5.91 Å². The number of nitrogens with one attached hydrogen (secondary N) is 3. The van der Waals surface area contributed by atoms with E-state index < -0.39 is 0 Å². The van der Waals surface area contributed by atoms with E-state index in [9.17, 15) is 4.79 Å². The average Bonchev–Trinajstić information content (AvgIpc) is 2.20. The minimum absolute atomic E-state index is 0.0986. The third-order valence-corrected chi connectivity index (χ3v) is 2.55. The van der Waals surface area contributed by atoms with Gasteiger partial charge in [-0.15, -0.1) is 0 Å². The Morgan fingerprint density at radius 1 is 1.43 bits per heavy atom. The number of rotatable bonds is 5. The van der Waals surface area contributed by atoms with Gasteiger partial charge in [0.25, 0.3) is 0 Å². The molecule has 0 atom stereocenters. The van der Waals surface area contributed by atoms with E-state index in [4.69, 9.17) is 0 Å². The highest BCUT2D eigenvalue weighted by Gasteiger charge is 2.12. The topological polar surface area (TPSA) is 53.2 Å². The van der Waals surface area contributed by atoms with Crippen LogP contribution >= 0.6 is 0 Å². The lowest BCUT2D eigenvalue weighted by Crippen LogP contribution is -2.38. The van der Waals surface area contributed by atoms with Crippen LogP contribution in [0, 0.1) is 5.92 Å². The Kier molecular flexibility index (Phi) is 5.56. The van der Waals surface area contributed by atoms with Crippen molar-refractivity contribution >= 4 is 5.91 Å². The van der Waals surface area contributed by atoms with Crippen molar-refractivity contribution in [2.45, 2.75) is 19.8 Å². The van der Waals surface area contributed by atoms with Gasteiger partial charge < -0.3 is 16.0 Å². The average molecular weight is 199 g/mol. The van der Waals surface area contributed by atoms with Crippen molar-refractivity contribution in [1.29, 1.82) is 0 Å². The molecule has 0 aliphatic carbocycles. The third kappa shape index (κ3) is 4.58.